The zero-order valence-corrected chi connectivity index (χ0v) is 13.9. The third-order valence-corrected chi connectivity index (χ3v) is 5.48. The first-order valence-electron chi connectivity index (χ1n) is 8.90. The van der Waals surface area contributed by atoms with Crippen LogP contribution in [0.3, 0.4) is 0 Å². The van der Waals surface area contributed by atoms with Crippen LogP contribution in [-0.4, -0.2) is 60.0 Å². The minimum absolute atomic E-state index is 0.0166. The van der Waals surface area contributed by atoms with E-state index >= 15 is 0 Å². The summed E-state index contributed by atoms with van der Waals surface area (Å²) in [5.74, 6) is 0.835. The first-order chi connectivity index (χ1) is 11.7. The van der Waals surface area contributed by atoms with Crippen molar-refractivity contribution in [2.45, 2.75) is 31.2 Å². The number of hydrogen-bond donors (Lipinski definition) is 0. The van der Waals surface area contributed by atoms with Crippen molar-refractivity contribution in [1.82, 2.24) is 9.80 Å². The van der Waals surface area contributed by atoms with E-state index in [1.54, 1.807) is 0 Å². The molecule has 4 rings (SSSR count). The van der Waals surface area contributed by atoms with Crippen molar-refractivity contribution in [2.75, 3.05) is 32.8 Å². The molecule has 0 bridgehead atoms. The summed E-state index contributed by atoms with van der Waals surface area (Å²) in [7, 11) is 0. The molecule has 2 heterocycles. The Morgan fingerprint density at radius 2 is 2.04 bits per heavy atom. The van der Waals surface area contributed by atoms with Gasteiger partial charge in [0, 0.05) is 38.2 Å². The predicted octanol–water partition coefficient (Wildman–Crippen LogP) is 1.93. The second kappa shape index (κ2) is 6.20. The maximum atomic E-state index is 12.9. The van der Waals surface area contributed by atoms with Gasteiger partial charge in [-0.05, 0) is 37.3 Å². The second-order valence-electron chi connectivity index (χ2n) is 7.32. The SMILES string of the molecule is O=C(c1ccccc1)N1CCC(=O)N(CC2CC2)C2(CCOC2)C1. The summed E-state index contributed by atoms with van der Waals surface area (Å²) < 4.78 is 5.68. The van der Waals surface area contributed by atoms with Crippen LogP contribution in [0.5, 0.6) is 0 Å². The highest BCUT2D eigenvalue weighted by molar-refractivity contribution is 5.94. The zero-order valence-electron chi connectivity index (χ0n) is 13.9. The van der Waals surface area contributed by atoms with Gasteiger partial charge in [-0.15, -0.1) is 0 Å². The van der Waals surface area contributed by atoms with Crippen LogP contribution in [0.2, 0.25) is 0 Å². The number of carbonyl (C=O) groups is 2. The van der Waals surface area contributed by atoms with Crippen molar-refractivity contribution in [3.63, 3.8) is 0 Å². The first-order valence-corrected chi connectivity index (χ1v) is 8.90. The van der Waals surface area contributed by atoms with E-state index in [1.165, 1.54) is 12.8 Å². The molecule has 0 aromatic heterocycles. The molecule has 1 spiro atoms. The molecule has 3 aliphatic rings. The molecule has 1 aliphatic carbocycles. The monoisotopic (exact) mass is 328 g/mol. The molecule has 128 valence electrons. The zero-order chi connectivity index (χ0) is 16.6. The molecule has 2 aliphatic heterocycles. The lowest BCUT2D eigenvalue weighted by Crippen LogP contribution is -2.57. The van der Waals surface area contributed by atoms with Crippen molar-refractivity contribution in [2.24, 2.45) is 5.92 Å². The van der Waals surface area contributed by atoms with E-state index in [2.05, 4.69) is 4.90 Å². The van der Waals surface area contributed by atoms with Crippen LogP contribution in [0.4, 0.5) is 0 Å². The molecule has 1 aromatic rings. The van der Waals surface area contributed by atoms with E-state index in [-0.39, 0.29) is 17.4 Å². The number of rotatable bonds is 3. The van der Waals surface area contributed by atoms with Crippen molar-refractivity contribution >= 4 is 11.8 Å². The topological polar surface area (TPSA) is 49.9 Å². The summed E-state index contributed by atoms with van der Waals surface area (Å²) in [4.78, 5) is 29.6. The molecule has 1 aromatic carbocycles. The molecular weight excluding hydrogens is 304 g/mol. The van der Waals surface area contributed by atoms with Crippen molar-refractivity contribution in [3.8, 4) is 0 Å². The van der Waals surface area contributed by atoms with Crippen molar-refractivity contribution in [3.05, 3.63) is 35.9 Å². The minimum Gasteiger partial charge on any atom is -0.379 e. The number of amides is 2. The Labute approximate surface area is 142 Å². The van der Waals surface area contributed by atoms with Gasteiger partial charge >= 0.3 is 0 Å². The van der Waals surface area contributed by atoms with Gasteiger partial charge in [-0.25, -0.2) is 0 Å². The Morgan fingerprint density at radius 1 is 1.25 bits per heavy atom. The van der Waals surface area contributed by atoms with E-state index in [1.807, 2.05) is 35.2 Å². The maximum Gasteiger partial charge on any atom is 0.253 e. The van der Waals surface area contributed by atoms with Crippen LogP contribution in [0.25, 0.3) is 0 Å². The fourth-order valence-corrected chi connectivity index (χ4v) is 3.87. The summed E-state index contributed by atoms with van der Waals surface area (Å²) in [6.07, 6.45) is 3.66. The number of benzene rings is 1. The largest absolute Gasteiger partial charge is 0.379 e. The number of ether oxygens (including phenoxy) is 1. The third kappa shape index (κ3) is 2.93. The number of hydrogen-bond acceptors (Lipinski definition) is 3. The van der Waals surface area contributed by atoms with Crippen LogP contribution in [0, 0.1) is 5.92 Å². The Balaban J connectivity index is 1.60. The summed E-state index contributed by atoms with van der Waals surface area (Å²) in [5.41, 5.74) is 0.357. The van der Waals surface area contributed by atoms with Gasteiger partial charge in [0.05, 0.1) is 12.1 Å². The van der Waals surface area contributed by atoms with Crippen LogP contribution in [0.15, 0.2) is 30.3 Å². The van der Waals surface area contributed by atoms with Crippen LogP contribution < -0.4 is 0 Å². The Bertz CT molecular complexity index is 621. The lowest BCUT2D eigenvalue weighted by Gasteiger charge is -2.40. The average Bonchev–Trinajstić information content (AvgIpc) is 3.34. The molecule has 5 nitrogen and oxygen atoms in total. The molecule has 5 heteroatoms. The van der Waals surface area contributed by atoms with E-state index in [0.29, 0.717) is 44.2 Å². The molecule has 1 atom stereocenters. The van der Waals surface area contributed by atoms with Gasteiger partial charge in [0.15, 0.2) is 0 Å². The molecule has 3 fully saturated rings. The molecule has 0 radical (unpaired) electrons. The van der Waals surface area contributed by atoms with E-state index in [9.17, 15) is 9.59 Å². The summed E-state index contributed by atoms with van der Waals surface area (Å²) >= 11 is 0. The predicted molar refractivity (Wildman–Crippen MR) is 89.6 cm³/mol. The lowest BCUT2D eigenvalue weighted by molar-refractivity contribution is -0.136. The molecule has 2 saturated heterocycles. The fraction of sp³-hybridized carbons (Fsp3) is 0.579. The average molecular weight is 328 g/mol. The molecule has 1 saturated carbocycles. The molecule has 24 heavy (non-hydrogen) atoms. The smallest absolute Gasteiger partial charge is 0.253 e. The Hall–Kier alpha value is -1.88. The van der Waals surface area contributed by atoms with Gasteiger partial charge in [-0.1, -0.05) is 18.2 Å². The fourth-order valence-electron chi connectivity index (χ4n) is 3.87. The maximum absolute atomic E-state index is 12.9. The van der Waals surface area contributed by atoms with Crippen LogP contribution in [0.1, 0.15) is 36.0 Å². The van der Waals surface area contributed by atoms with Gasteiger partial charge < -0.3 is 14.5 Å². The van der Waals surface area contributed by atoms with Crippen LogP contribution >= 0.6 is 0 Å². The first kappa shape index (κ1) is 15.6. The highest BCUT2D eigenvalue weighted by Gasteiger charge is 2.48. The normalized spacial score (nSPS) is 27.6. The van der Waals surface area contributed by atoms with Crippen molar-refractivity contribution in [1.29, 1.82) is 0 Å². The number of carbonyl (C=O) groups excluding carboxylic acids is 2. The van der Waals surface area contributed by atoms with Gasteiger partial charge in [0.2, 0.25) is 5.91 Å². The van der Waals surface area contributed by atoms with Gasteiger partial charge in [0.1, 0.15) is 0 Å². The summed E-state index contributed by atoms with van der Waals surface area (Å²) in [5, 5.41) is 0. The standard InChI is InChI=1S/C19H24N2O3/c22-17-8-10-20(18(23)16-4-2-1-3-5-16)13-19(9-11-24-14-19)21(17)12-15-6-7-15/h1-5,15H,6-14H2. The van der Waals surface area contributed by atoms with Gasteiger partial charge in [0.25, 0.3) is 5.91 Å². The minimum atomic E-state index is -0.333. The van der Waals surface area contributed by atoms with E-state index in [4.69, 9.17) is 4.74 Å². The molecule has 0 N–H and O–H groups in total. The number of nitrogens with zero attached hydrogens (tertiary/aromatic N) is 2. The molecule has 1 unspecified atom stereocenters. The highest BCUT2D eigenvalue weighted by atomic mass is 16.5. The van der Waals surface area contributed by atoms with Crippen LogP contribution in [-0.2, 0) is 9.53 Å². The summed E-state index contributed by atoms with van der Waals surface area (Å²) in [6, 6.07) is 9.35. The van der Waals surface area contributed by atoms with E-state index in [0.717, 1.165) is 13.0 Å². The lowest BCUT2D eigenvalue weighted by atomic mass is 9.94. The second-order valence-corrected chi connectivity index (χ2v) is 7.32. The summed E-state index contributed by atoms with van der Waals surface area (Å²) in [6.45, 7) is 3.12. The van der Waals surface area contributed by atoms with Crippen molar-refractivity contribution < 1.29 is 14.3 Å². The van der Waals surface area contributed by atoms with Gasteiger partial charge in [-0.3, -0.25) is 9.59 Å². The molecule has 2 amide bonds. The quantitative estimate of drug-likeness (QED) is 0.852. The molecular formula is C19H24N2O3. The Morgan fingerprint density at radius 3 is 2.71 bits per heavy atom. The highest BCUT2D eigenvalue weighted by Crippen LogP contribution is 2.37. The van der Waals surface area contributed by atoms with E-state index < -0.39 is 0 Å². The Kier molecular flexibility index (Phi) is 4.04. The van der Waals surface area contributed by atoms with Gasteiger partial charge in [-0.2, -0.15) is 0 Å². The third-order valence-electron chi connectivity index (χ3n) is 5.48.